The van der Waals surface area contributed by atoms with Crippen LogP contribution in [0.15, 0.2) is 9.98 Å². The molecule has 0 bridgehead atoms. The first-order chi connectivity index (χ1) is 6.61. The van der Waals surface area contributed by atoms with Crippen molar-refractivity contribution in [2.45, 2.75) is 45.7 Å². The SMILES string of the molecule is CC(CCC(C)C(C)N=C=O)N=C=O. The molecule has 0 N–H and O–H groups in total. The van der Waals surface area contributed by atoms with Crippen LogP contribution < -0.4 is 0 Å². The first-order valence-electron chi connectivity index (χ1n) is 4.75. The smallest absolute Gasteiger partial charge is 0.211 e. The van der Waals surface area contributed by atoms with Crippen molar-refractivity contribution in [1.29, 1.82) is 0 Å². The highest BCUT2D eigenvalue weighted by Gasteiger charge is 2.12. The molecule has 0 rings (SSSR count). The van der Waals surface area contributed by atoms with E-state index in [0.717, 1.165) is 12.8 Å². The molecule has 0 amide bonds. The summed E-state index contributed by atoms with van der Waals surface area (Å²) in [7, 11) is 0. The van der Waals surface area contributed by atoms with Crippen LogP contribution in [0.4, 0.5) is 0 Å². The Hall–Kier alpha value is -1.24. The Morgan fingerprint density at radius 1 is 1.00 bits per heavy atom. The number of rotatable bonds is 6. The molecule has 0 aliphatic rings. The molecule has 0 saturated heterocycles. The Balaban J connectivity index is 3.88. The van der Waals surface area contributed by atoms with Gasteiger partial charge in [-0.15, -0.1) is 0 Å². The minimum absolute atomic E-state index is 0.00219. The van der Waals surface area contributed by atoms with E-state index in [1.807, 2.05) is 20.8 Å². The van der Waals surface area contributed by atoms with Gasteiger partial charge in [-0.1, -0.05) is 6.92 Å². The molecule has 0 spiro atoms. The number of carbonyl (C=O) groups excluding carboxylic acids is 2. The summed E-state index contributed by atoms with van der Waals surface area (Å²) in [4.78, 5) is 27.2. The Labute approximate surface area is 84.1 Å². The molecule has 0 aliphatic heterocycles. The fourth-order valence-corrected chi connectivity index (χ4v) is 1.11. The van der Waals surface area contributed by atoms with Gasteiger partial charge in [-0.25, -0.2) is 19.6 Å². The summed E-state index contributed by atoms with van der Waals surface area (Å²) >= 11 is 0. The van der Waals surface area contributed by atoms with Gasteiger partial charge in [0.25, 0.3) is 0 Å². The molecule has 0 heterocycles. The zero-order chi connectivity index (χ0) is 11.0. The van der Waals surface area contributed by atoms with Gasteiger partial charge >= 0.3 is 0 Å². The predicted molar refractivity (Wildman–Crippen MR) is 53.6 cm³/mol. The van der Waals surface area contributed by atoms with Gasteiger partial charge in [-0.3, -0.25) is 0 Å². The van der Waals surface area contributed by atoms with Gasteiger partial charge in [0, 0.05) is 0 Å². The minimum atomic E-state index is -0.0140. The first kappa shape index (κ1) is 12.8. The van der Waals surface area contributed by atoms with Gasteiger partial charge in [-0.05, 0) is 32.6 Å². The molecule has 0 aliphatic carbocycles. The number of aliphatic imine (C=N–C) groups is 2. The van der Waals surface area contributed by atoms with Gasteiger partial charge in [-0.2, -0.15) is 0 Å². The van der Waals surface area contributed by atoms with Crippen molar-refractivity contribution in [3.8, 4) is 0 Å². The van der Waals surface area contributed by atoms with E-state index in [-0.39, 0.29) is 12.1 Å². The predicted octanol–water partition coefficient (Wildman–Crippen LogP) is 1.85. The molecule has 4 heteroatoms. The van der Waals surface area contributed by atoms with Gasteiger partial charge in [0.2, 0.25) is 12.2 Å². The lowest BCUT2D eigenvalue weighted by atomic mass is 9.96. The maximum absolute atomic E-state index is 10.00. The van der Waals surface area contributed by atoms with Crippen molar-refractivity contribution in [2.75, 3.05) is 0 Å². The fraction of sp³-hybridized carbons (Fsp3) is 0.800. The van der Waals surface area contributed by atoms with Crippen LogP contribution in [-0.2, 0) is 9.59 Å². The summed E-state index contributed by atoms with van der Waals surface area (Å²) in [6.45, 7) is 5.76. The van der Waals surface area contributed by atoms with E-state index < -0.39 is 0 Å². The average molecular weight is 196 g/mol. The van der Waals surface area contributed by atoms with Crippen molar-refractivity contribution in [3.05, 3.63) is 0 Å². The van der Waals surface area contributed by atoms with Crippen LogP contribution in [0.5, 0.6) is 0 Å². The number of isocyanates is 2. The highest BCUT2D eigenvalue weighted by molar-refractivity contribution is 5.33. The normalized spacial score (nSPS) is 15.9. The molecule has 4 nitrogen and oxygen atoms in total. The van der Waals surface area contributed by atoms with Crippen molar-refractivity contribution in [1.82, 2.24) is 0 Å². The van der Waals surface area contributed by atoms with Gasteiger partial charge < -0.3 is 0 Å². The van der Waals surface area contributed by atoms with E-state index in [1.165, 1.54) is 6.08 Å². The number of hydrogen-bond donors (Lipinski definition) is 0. The highest BCUT2D eigenvalue weighted by Crippen LogP contribution is 2.15. The van der Waals surface area contributed by atoms with Gasteiger partial charge in [0.15, 0.2) is 0 Å². The Morgan fingerprint density at radius 3 is 2.07 bits per heavy atom. The summed E-state index contributed by atoms with van der Waals surface area (Å²) < 4.78 is 0. The van der Waals surface area contributed by atoms with E-state index in [1.54, 1.807) is 6.08 Å². The third-order valence-corrected chi connectivity index (χ3v) is 2.39. The molecule has 78 valence electrons. The minimum Gasteiger partial charge on any atom is -0.211 e. The summed E-state index contributed by atoms with van der Waals surface area (Å²) in [5.41, 5.74) is 0. The molecule has 3 atom stereocenters. The van der Waals surface area contributed by atoms with Crippen LogP contribution in [0.3, 0.4) is 0 Å². The molecule has 0 radical (unpaired) electrons. The van der Waals surface area contributed by atoms with E-state index >= 15 is 0 Å². The van der Waals surface area contributed by atoms with Crippen molar-refractivity contribution < 1.29 is 9.59 Å². The molecular formula is C10H16N2O2. The van der Waals surface area contributed by atoms with E-state index in [4.69, 9.17) is 0 Å². The fourth-order valence-electron chi connectivity index (χ4n) is 1.11. The largest absolute Gasteiger partial charge is 0.235 e. The molecule has 0 aromatic rings. The van der Waals surface area contributed by atoms with E-state index in [9.17, 15) is 9.59 Å². The topological polar surface area (TPSA) is 58.9 Å². The monoisotopic (exact) mass is 196 g/mol. The molecule has 0 aromatic heterocycles. The molecule has 3 unspecified atom stereocenters. The summed E-state index contributed by atoms with van der Waals surface area (Å²) in [5.74, 6) is 0.306. The zero-order valence-electron chi connectivity index (χ0n) is 8.86. The van der Waals surface area contributed by atoms with Crippen molar-refractivity contribution in [2.24, 2.45) is 15.9 Å². The van der Waals surface area contributed by atoms with Crippen molar-refractivity contribution in [3.63, 3.8) is 0 Å². The van der Waals surface area contributed by atoms with Gasteiger partial charge in [0.05, 0.1) is 12.1 Å². The Morgan fingerprint density at radius 2 is 1.57 bits per heavy atom. The highest BCUT2D eigenvalue weighted by atomic mass is 16.1. The second kappa shape index (κ2) is 7.19. The lowest BCUT2D eigenvalue weighted by Gasteiger charge is -2.14. The van der Waals surface area contributed by atoms with Gasteiger partial charge in [0.1, 0.15) is 0 Å². The summed E-state index contributed by atoms with van der Waals surface area (Å²) in [5, 5.41) is 0. The van der Waals surface area contributed by atoms with Crippen LogP contribution in [0, 0.1) is 5.92 Å². The average Bonchev–Trinajstić information content (AvgIpc) is 2.15. The summed E-state index contributed by atoms with van der Waals surface area (Å²) in [6.07, 6.45) is 4.79. The second-order valence-electron chi connectivity index (χ2n) is 3.59. The lowest BCUT2D eigenvalue weighted by molar-refractivity contribution is 0.419. The molecule has 0 fully saturated rings. The standard InChI is InChI=1S/C10H16N2O2/c1-8(10(3)12-7-14)4-5-9(2)11-6-13/h8-10H,4-5H2,1-3H3. The van der Waals surface area contributed by atoms with Crippen LogP contribution in [0.1, 0.15) is 33.6 Å². The van der Waals surface area contributed by atoms with Crippen LogP contribution in [0.25, 0.3) is 0 Å². The Kier molecular flexibility index (Phi) is 6.55. The number of nitrogens with zero attached hydrogens (tertiary/aromatic N) is 2. The number of hydrogen-bond acceptors (Lipinski definition) is 4. The van der Waals surface area contributed by atoms with Crippen LogP contribution in [-0.4, -0.2) is 24.2 Å². The summed E-state index contributed by atoms with van der Waals surface area (Å²) in [6, 6.07) is -0.0118. The van der Waals surface area contributed by atoms with E-state index in [0.29, 0.717) is 5.92 Å². The Bertz CT molecular complexity index is 253. The third kappa shape index (κ3) is 5.41. The maximum atomic E-state index is 10.00. The quantitative estimate of drug-likeness (QED) is 0.481. The lowest BCUT2D eigenvalue weighted by Crippen LogP contribution is -2.13. The second-order valence-corrected chi connectivity index (χ2v) is 3.59. The maximum Gasteiger partial charge on any atom is 0.235 e. The first-order valence-corrected chi connectivity index (χ1v) is 4.75. The molecule has 0 saturated carbocycles. The molecule has 14 heavy (non-hydrogen) atoms. The zero-order valence-corrected chi connectivity index (χ0v) is 8.86. The van der Waals surface area contributed by atoms with Crippen molar-refractivity contribution >= 4 is 12.2 Å². The van der Waals surface area contributed by atoms with Crippen LogP contribution in [0.2, 0.25) is 0 Å². The van der Waals surface area contributed by atoms with E-state index in [2.05, 4.69) is 9.98 Å². The van der Waals surface area contributed by atoms with Crippen LogP contribution >= 0.6 is 0 Å². The third-order valence-electron chi connectivity index (χ3n) is 2.39. The molecule has 0 aromatic carbocycles. The molecular weight excluding hydrogens is 180 g/mol.